The Kier molecular flexibility index (Phi) is 6.21. The Balaban J connectivity index is 1.82. The molecule has 0 saturated carbocycles. The second-order valence-electron chi connectivity index (χ2n) is 6.48. The summed E-state index contributed by atoms with van der Waals surface area (Å²) in [6.07, 6.45) is 4.58. The maximum absolute atomic E-state index is 13.0. The van der Waals surface area contributed by atoms with E-state index in [2.05, 4.69) is 5.32 Å². The average molecular weight is 404 g/mol. The van der Waals surface area contributed by atoms with Gasteiger partial charge in [0, 0.05) is 24.9 Å². The molecule has 2 heterocycles. The summed E-state index contributed by atoms with van der Waals surface area (Å²) in [6.45, 7) is 4.95. The molecule has 1 fully saturated rings. The zero-order chi connectivity index (χ0) is 20.1. The summed E-state index contributed by atoms with van der Waals surface area (Å²) < 4.78 is 38.3. The minimum atomic E-state index is -3.68. The number of carbonyl (C=O) groups is 1. The van der Waals surface area contributed by atoms with Gasteiger partial charge in [-0.2, -0.15) is 4.31 Å². The number of sulfonamides is 1. The van der Waals surface area contributed by atoms with E-state index >= 15 is 0 Å². The third-order valence-electron chi connectivity index (χ3n) is 4.35. The van der Waals surface area contributed by atoms with Crippen molar-refractivity contribution in [1.82, 2.24) is 4.31 Å². The number of nitrogens with one attached hydrogen (secondary N) is 1. The zero-order valence-electron chi connectivity index (χ0n) is 16.0. The van der Waals surface area contributed by atoms with Crippen LogP contribution in [-0.2, 0) is 14.8 Å². The van der Waals surface area contributed by atoms with Crippen molar-refractivity contribution in [3.63, 3.8) is 0 Å². The minimum Gasteiger partial charge on any atom is -0.492 e. The summed E-state index contributed by atoms with van der Waals surface area (Å²) in [5, 5.41) is 2.69. The monoisotopic (exact) mass is 404 g/mol. The zero-order valence-corrected chi connectivity index (χ0v) is 16.8. The summed E-state index contributed by atoms with van der Waals surface area (Å²) in [5.41, 5.74) is 0.381. The van der Waals surface area contributed by atoms with Gasteiger partial charge >= 0.3 is 0 Å². The molecule has 0 atom stereocenters. The normalized spacial score (nSPS) is 15.2. The van der Waals surface area contributed by atoms with Gasteiger partial charge in [-0.15, -0.1) is 0 Å². The van der Waals surface area contributed by atoms with E-state index in [-0.39, 0.29) is 16.6 Å². The molecule has 8 heteroatoms. The van der Waals surface area contributed by atoms with Crippen LogP contribution >= 0.6 is 0 Å². The molecule has 1 aliphatic heterocycles. The van der Waals surface area contributed by atoms with Crippen molar-refractivity contribution in [2.24, 2.45) is 0 Å². The van der Waals surface area contributed by atoms with Gasteiger partial charge < -0.3 is 14.5 Å². The Hall–Kier alpha value is -2.58. The van der Waals surface area contributed by atoms with Gasteiger partial charge in [-0.3, -0.25) is 4.79 Å². The second kappa shape index (κ2) is 8.62. The highest BCUT2D eigenvalue weighted by atomic mass is 32.2. The Labute approximate surface area is 165 Å². The Morgan fingerprint density at radius 3 is 2.64 bits per heavy atom. The van der Waals surface area contributed by atoms with E-state index in [9.17, 15) is 13.2 Å². The highest BCUT2D eigenvalue weighted by molar-refractivity contribution is 7.89. The molecule has 150 valence electrons. The molecule has 0 spiro atoms. The van der Waals surface area contributed by atoms with Gasteiger partial charge in [-0.05, 0) is 63.1 Å². The summed E-state index contributed by atoms with van der Waals surface area (Å²) in [6, 6.07) is 8.20. The van der Waals surface area contributed by atoms with Crippen LogP contribution in [0.25, 0.3) is 6.08 Å². The smallest absolute Gasteiger partial charge is 0.248 e. The minimum absolute atomic E-state index is 0.0692. The molecule has 0 aliphatic carbocycles. The van der Waals surface area contributed by atoms with E-state index in [0.29, 0.717) is 31.1 Å². The lowest BCUT2D eigenvalue weighted by Crippen LogP contribution is -2.28. The van der Waals surface area contributed by atoms with Crippen LogP contribution in [0.1, 0.15) is 31.3 Å². The van der Waals surface area contributed by atoms with Gasteiger partial charge in [0.1, 0.15) is 22.2 Å². The van der Waals surface area contributed by atoms with E-state index in [0.717, 1.165) is 18.6 Å². The molecule has 1 aliphatic rings. The van der Waals surface area contributed by atoms with Gasteiger partial charge in [0.05, 0.1) is 6.61 Å². The summed E-state index contributed by atoms with van der Waals surface area (Å²) in [7, 11) is -3.68. The lowest BCUT2D eigenvalue weighted by Gasteiger charge is -2.19. The topological polar surface area (TPSA) is 88.8 Å². The van der Waals surface area contributed by atoms with Crippen LogP contribution in [0.15, 0.2) is 45.7 Å². The lowest BCUT2D eigenvalue weighted by atomic mass is 10.3. The predicted molar refractivity (Wildman–Crippen MR) is 107 cm³/mol. The fraction of sp³-hybridized carbons (Fsp3) is 0.350. The van der Waals surface area contributed by atoms with Crippen molar-refractivity contribution in [1.29, 1.82) is 0 Å². The maximum atomic E-state index is 13.0. The van der Waals surface area contributed by atoms with Gasteiger partial charge in [0.2, 0.25) is 15.9 Å². The quantitative estimate of drug-likeness (QED) is 0.714. The van der Waals surface area contributed by atoms with Crippen molar-refractivity contribution >= 4 is 27.7 Å². The molecular formula is C20H24N2O5S. The first kappa shape index (κ1) is 20.2. The third kappa shape index (κ3) is 4.63. The van der Waals surface area contributed by atoms with Crippen LogP contribution in [0.2, 0.25) is 0 Å². The van der Waals surface area contributed by atoms with Crippen molar-refractivity contribution in [3.05, 3.63) is 47.9 Å². The SMILES string of the molecule is CCOc1ccc(NC(=O)/C=C/c2ccc(C)o2)cc1S(=O)(=O)N1CCCC1. The van der Waals surface area contributed by atoms with Crippen molar-refractivity contribution in [2.75, 3.05) is 25.0 Å². The number of rotatable bonds is 7. The van der Waals surface area contributed by atoms with Crippen molar-refractivity contribution in [2.45, 2.75) is 31.6 Å². The number of benzene rings is 1. The number of anilines is 1. The fourth-order valence-electron chi connectivity index (χ4n) is 3.01. The van der Waals surface area contributed by atoms with E-state index < -0.39 is 10.0 Å². The van der Waals surface area contributed by atoms with E-state index in [1.807, 2.05) is 6.92 Å². The number of furan rings is 1. The van der Waals surface area contributed by atoms with Crippen LogP contribution in [-0.4, -0.2) is 38.3 Å². The molecular weight excluding hydrogens is 380 g/mol. The summed E-state index contributed by atoms with van der Waals surface area (Å²) in [5.74, 6) is 1.22. The van der Waals surface area contributed by atoms with Gasteiger partial charge in [0.15, 0.2) is 0 Å². The summed E-state index contributed by atoms with van der Waals surface area (Å²) >= 11 is 0. The van der Waals surface area contributed by atoms with E-state index in [1.165, 1.54) is 16.4 Å². The molecule has 0 radical (unpaired) electrons. The fourth-order valence-corrected chi connectivity index (χ4v) is 4.69. The third-order valence-corrected chi connectivity index (χ3v) is 6.27. The Morgan fingerprint density at radius 2 is 2.00 bits per heavy atom. The van der Waals surface area contributed by atoms with E-state index in [4.69, 9.17) is 9.15 Å². The predicted octanol–water partition coefficient (Wildman–Crippen LogP) is 3.42. The molecule has 1 N–H and O–H groups in total. The van der Waals surface area contributed by atoms with Crippen molar-refractivity contribution < 1.29 is 22.4 Å². The first-order valence-electron chi connectivity index (χ1n) is 9.22. The maximum Gasteiger partial charge on any atom is 0.248 e. The van der Waals surface area contributed by atoms with Gasteiger partial charge in [-0.1, -0.05) is 0 Å². The molecule has 7 nitrogen and oxygen atoms in total. The molecule has 0 bridgehead atoms. The first-order chi connectivity index (χ1) is 13.4. The Morgan fingerprint density at radius 1 is 1.25 bits per heavy atom. The van der Waals surface area contributed by atoms with Crippen LogP contribution in [0.3, 0.4) is 0 Å². The van der Waals surface area contributed by atoms with Crippen LogP contribution < -0.4 is 10.1 Å². The number of aryl methyl sites for hydroxylation is 1. The van der Waals surface area contributed by atoms with Gasteiger partial charge in [0.25, 0.3) is 0 Å². The molecule has 1 saturated heterocycles. The standard InChI is InChI=1S/C20H24N2O5S/c1-3-26-18-10-7-16(14-19(18)28(24,25)22-12-4-5-13-22)21-20(23)11-9-17-8-6-15(2)27-17/h6-11,14H,3-5,12-13H2,1-2H3,(H,21,23)/b11-9+. The van der Waals surface area contributed by atoms with Crippen molar-refractivity contribution in [3.8, 4) is 5.75 Å². The van der Waals surface area contributed by atoms with Gasteiger partial charge in [-0.25, -0.2) is 8.42 Å². The van der Waals surface area contributed by atoms with Crippen LogP contribution in [0, 0.1) is 6.92 Å². The second-order valence-corrected chi connectivity index (χ2v) is 8.38. The van der Waals surface area contributed by atoms with Crippen LogP contribution in [0.4, 0.5) is 5.69 Å². The van der Waals surface area contributed by atoms with E-state index in [1.54, 1.807) is 37.3 Å². The molecule has 0 unspecified atom stereocenters. The largest absolute Gasteiger partial charge is 0.492 e. The lowest BCUT2D eigenvalue weighted by molar-refractivity contribution is -0.111. The molecule has 3 rings (SSSR count). The molecule has 1 aromatic carbocycles. The highest BCUT2D eigenvalue weighted by Crippen LogP contribution is 2.31. The molecule has 1 amide bonds. The number of hydrogen-bond acceptors (Lipinski definition) is 5. The average Bonchev–Trinajstić information content (AvgIpc) is 3.33. The summed E-state index contributed by atoms with van der Waals surface area (Å²) in [4.78, 5) is 12.3. The number of hydrogen-bond donors (Lipinski definition) is 1. The number of nitrogens with zero attached hydrogens (tertiary/aromatic N) is 1. The molecule has 1 aromatic heterocycles. The molecule has 2 aromatic rings. The Bertz CT molecular complexity index is 972. The molecule has 28 heavy (non-hydrogen) atoms. The first-order valence-corrected chi connectivity index (χ1v) is 10.7. The number of carbonyl (C=O) groups excluding carboxylic acids is 1. The highest BCUT2D eigenvalue weighted by Gasteiger charge is 2.30. The number of ether oxygens (including phenoxy) is 1. The van der Waals surface area contributed by atoms with Crippen LogP contribution in [0.5, 0.6) is 5.75 Å². The number of amides is 1.